The van der Waals surface area contributed by atoms with Crippen molar-refractivity contribution in [3.8, 4) is 5.75 Å². The van der Waals surface area contributed by atoms with Crippen molar-refractivity contribution in [2.24, 2.45) is 0 Å². The molecule has 2 aromatic rings. The largest absolute Gasteiger partial charge is 0.481 e. The van der Waals surface area contributed by atoms with Gasteiger partial charge in [-0.05, 0) is 62.6 Å². The second-order valence-electron chi connectivity index (χ2n) is 5.81. The minimum Gasteiger partial charge on any atom is -0.481 e. The molecule has 0 aromatic heterocycles. The highest BCUT2D eigenvalue weighted by Crippen LogP contribution is 2.21. The third kappa shape index (κ3) is 4.55. The molecule has 0 unspecified atom stereocenters. The highest BCUT2D eigenvalue weighted by atomic mass is 19.1. The number of benzene rings is 2. The van der Waals surface area contributed by atoms with E-state index in [0.29, 0.717) is 5.75 Å². The van der Waals surface area contributed by atoms with Crippen LogP contribution >= 0.6 is 0 Å². The van der Waals surface area contributed by atoms with Crippen molar-refractivity contribution in [2.45, 2.75) is 39.8 Å². The summed E-state index contributed by atoms with van der Waals surface area (Å²) in [6.07, 6.45) is -0.613. The van der Waals surface area contributed by atoms with Crippen LogP contribution in [0.25, 0.3) is 0 Å². The Hall–Kier alpha value is -2.36. The molecule has 122 valence electrons. The van der Waals surface area contributed by atoms with E-state index >= 15 is 0 Å². The molecule has 0 radical (unpaired) electrons. The molecule has 4 heteroatoms. The standard InChI is InChI=1S/C19H22FNO2/c1-12-5-6-13(2)18(11-12)23-15(4)19(22)21-14(3)16-7-9-17(20)10-8-16/h5-11,14-15H,1-4H3,(H,21,22)/t14-,15+/m1/s1. The molecule has 2 aromatic carbocycles. The summed E-state index contributed by atoms with van der Waals surface area (Å²) in [6, 6.07) is 11.8. The molecule has 1 N–H and O–H groups in total. The highest BCUT2D eigenvalue weighted by Gasteiger charge is 2.18. The molecule has 1 amide bonds. The predicted octanol–water partition coefficient (Wildman–Crippen LogP) is 4.09. The molecule has 0 aliphatic heterocycles. The van der Waals surface area contributed by atoms with Crippen molar-refractivity contribution in [2.75, 3.05) is 0 Å². The van der Waals surface area contributed by atoms with Gasteiger partial charge in [-0.25, -0.2) is 4.39 Å². The van der Waals surface area contributed by atoms with E-state index in [1.165, 1.54) is 12.1 Å². The Morgan fingerprint density at radius 1 is 1.09 bits per heavy atom. The van der Waals surface area contributed by atoms with Gasteiger partial charge in [0.15, 0.2) is 6.10 Å². The van der Waals surface area contributed by atoms with Crippen LogP contribution in [0.4, 0.5) is 4.39 Å². The van der Waals surface area contributed by atoms with E-state index in [1.54, 1.807) is 19.1 Å². The van der Waals surface area contributed by atoms with Crippen LogP contribution in [0.5, 0.6) is 5.75 Å². The zero-order valence-corrected chi connectivity index (χ0v) is 13.9. The van der Waals surface area contributed by atoms with Crippen molar-refractivity contribution in [3.63, 3.8) is 0 Å². The molecular formula is C19H22FNO2. The molecule has 0 bridgehead atoms. The minimum absolute atomic E-state index is 0.206. The summed E-state index contributed by atoms with van der Waals surface area (Å²) in [4.78, 5) is 12.3. The smallest absolute Gasteiger partial charge is 0.261 e. The molecule has 0 fully saturated rings. The second kappa shape index (κ2) is 7.27. The van der Waals surface area contributed by atoms with Crippen molar-refractivity contribution in [1.29, 1.82) is 0 Å². The van der Waals surface area contributed by atoms with Crippen molar-refractivity contribution in [3.05, 3.63) is 65.0 Å². The van der Waals surface area contributed by atoms with E-state index in [0.717, 1.165) is 16.7 Å². The number of hydrogen-bond acceptors (Lipinski definition) is 2. The number of amides is 1. The van der Waals surface area contributed by atoms with Crippen LogP contribution < -0.4 is 10.1 Å². The first-order valence-corrected chi connectivity index (χ1v) is 7.66. The van der Waals surface area contributed by atoms with Crippen LogP contribution in [0, 0.1) is 19.7 Å². The fourth-order valence-corrected chi connectivity index (χ4v) is 2.24. The molecule has 23 heavy (non-hydrogen) atoms. The lowest BCUT2D eigenvalue weighted by molar-refractivity contribution is -0.127. The third-order valence-electron chi connectivity index (χ3n) is 3.75. The number of aryl methyl sites for hydroxylation is 2. The second-order valence-corrected chi connectivity index (χ2v) is 5.81. The van der Waals surface area contributed by atoms with Gasteiger partial charge in [0, 0.05) is 0 Å². The summed E-state index contributed by atoms with van der Waals surface area (Å²) in [5, 5.41) is 2.88. The molecule has 3 nitrogen and oxygen atoms in total. The Kier molecular flexibility index (Phi) is 5.37. The first-order valence-electron chi connectivity index (χ1n) is 7.66. The predicted molar refractivity (Wildman–Crippen MR) is 89.0 cm³/mol. The number of ether oxygens (including phenoxy) is 1. The van der Waals surface area contributed by atoms with Gasteiger partial charge in [-0.2, -0.15) is 0 Å². The average molecular weight is 315 g/mol. The van der Waals surface area contributed by atoms with E-state index in [-0.39, 0.29) is 17.8 Å². The summed E-state index contributed by atoms with van der Waals surface area (Å²) in [7, 11) is 0. The Morgan fingerprint density at radius 3 is 2.39 bits per heavy atom. The molecule has 0 saturated heterocycles. The molecule has 0 saturated carbocycles. The van der Waals surface area contributed by atoms with Gasteiger partial charge in [-0.1, -0.05) is 24.3 Å². The van der Waals surface area contributed by atoms with E-state index in [2.05, 4.69) is 5.32 Å². The zero-order chi connectivity index (χ0) is 17.0. The molecule has 0 spiro atoms. The Morgan fingerprint density at radius 2 is 1.74 bits per heavy atom. The fraction of sp³-hybridized carbons (Fsp3) is 0.316. The van der Waals surface area contributed by atoms with Gasteiger partial charge in [0.25, 0.3) is 5.91 Å². The SMILES string of the molecule is Cc1ccc(C)c(O[C@@H](C)C(=O)N[C@H](C)c2ccc(F)cc2)c1. The number of rotatable bonds is 5. The first kappa shape index (κ1) is 17.0. The number of carbonyl (C=O) groups is 1. The number of nitrogens with one attached hydrogen (secondary N) is 1. The Bertz CT molecular complexity index is 682. The van der Waals surface area contributed by atoms with Crippen LogP contribution in [0.15, 0.2) is 42.5 Å². The van der Waals surface area contributed by atoms with Gasteiger partial charge in [-0.15, -0.1) is 0 Å². The summed E-state index contributed by atoms with van der Waals surface area (Å²) >= 11 is 0. The van der Waals surface area contributed by atoms with E-state index < -0.39 is 6.10 Å². The monoisotopic (exact) mass is 315 g/mol. The third-order valence-corrected chi connectivity index (χ3v) is 3.75. The Balaban J connectivity index is 1.99. The van der Waals surface area contributed by atoms with Crippen molar-refractivity contribution < 1.29 is 13.9 Å². The number of carbonyl (C=O) groups excluding carboxylic acids is 1. The summed E-state index contributed by atoms with van der Waals surface area (Å²) in [5.41, 5.74) is 2.92. The first-order chi connectivity index (χ1) is 10.9. The van der Waals surface area contributed by atoms with Crippen LogP contribution in [0.3, 0.4) is 0 Å². The lowest BCUT2D eigenvalue weighted by Gasteiger charge is -2.20. The fourth-order valence-electron chi connectivity index (χ4n) is 2.24. The number of hydrogen-bond donors (Lipinski definition) is 1. The summed E-state index contributed by atoms with van der Waals surface area (Å²) in [5.74, 6) is 0.212. The van der Waals surface area contributed by atoms with Crippen LogP contribution in [0.1, 0.15) is 36.6 Å². The van der Waals surface area contributed by atoms with Gasteiger partial charge in [-0.3, -0.25) is 4.79 Å². The highest BCUT2D eigenvalue weighted by molar-refractivity contribution is 5.81. The Labute approximate surface area is 136 Å². The summed E-state index contributed by atoms with van der Waals surface area (Å²) in [6.45, 7) is 7.50. The van der Waals surface area contributed by atoms with Gasteiger partial charge < -0.3 is 10.1 Å². The van der Waals surface area contributed by atoms with E-state index in [1.807, 2.05) is 39.0 Å². The quantitative estimate of drug-likeness (QED) is 0.902. The minimum atomic E-state index is -0.613. The summed E-state index contributed by atoms with van der Waals surface area (Å²) < 4.78 is 18.7. The lowest BCUT2D eigenvalue weighted by Crippen LogP contribution is -2.37. The zero-order valence-electron chi connectivity index (χ0n) is 13.9. The van der Waals surface area contributed by atoms with E-state index in [4.69, 9.17) is 4.74 Å². The van der Waals surface area contributed by atoms with Crippen molar-refractivity contribution in [1.82, 2.24) is 5.32 Å². The van der Waals surface area contributed by atoms with Gasteiger partial charge in [0.1, 0.15) is 11.6 Å². The maximum Gasteiger partial charge on any atom is 0.261 e. The van der Waals surface area contributed by atoms with Crippen LogP contribution in [-0.2, 0) is 4.79 Å². The normalized spacial score (nSPS) is 13.3. The number of halogens is 1. The molecule has 0 aliphatic rings. The van der Waals surface area contributed by atoms with Crippen LogP contribution in [0.2, 0.25) is 0 Å². The molecule has 0 heterocycles. The van der Waals surface area contributed by atoms with Crippen molar-refractivity contribution >= 4 is 5.91 Å². The lowest BCUT2D eigenvalue weighted by atomic mass is 10.1. The molecular weight excluding hydrogens is 293 g/mol. The maximum absolute atomic E-state index is 12.9. The molecule has 0 aliphatic carbocycles. The average Bonchev–Trinajstić information content (AvgIpc) is 2.51. The topological polar surface area (TPSA) is 38.3 Å². The van der Waals surface area contributed by atoms with Gasteiger partial charge in [0.2, 0.25) is 0 Å². The van der Waals surface area contributed by atoms with E-state index in [9.17, 15) is 9.18 Å². The molecule has 2 atom stereocenters. The van der Waals surface area contributed by atoms with Gasteiger partial charge >= 0.3 is 0 Å². The van der Waals surface area contributed by atoms with Crippen LogP contribution in [-0.4, -0.2) is 12.0 Å². The maximum atomic E-state index is 12.9. The van der Waals surface area contributed by atoms with Gasteiger partial charge in [0.05, 0.1) is 6.04 Å². The molecule has 2 rings (SSSR count).